The summed E-state index contributed by atoms with van der Waals surface area (Å²) in [5.74, 6) is -0.0146. The minimum atomic E-state index is -3.96. The van der Waals surface area contributed by atoms with Gasteiger partial charge in [0.05, 0.1) is 5.75 Å². The van der Waals surface area contributed by atoms with Gasteiger partial charge in [-0.1, -0.05) is 20.8 Å². The van der Waals surface area contributed by atoms with Gasteiger partial charge in [-0.15, -0.1) is 0 Å². The maximum absolute atomic E-state index is 11.0. The second-order valence-electron chi connectivity index (χ2n) is 5.65. The molecule has 4 nitrogen and oxygen atoms in total. The largest absolute Gasteiger partial charge is 0.303 e. The van der Waals surface area contributed by atoms with Crippen LogP contribution in [0, 0.1) is 16.7 Å². The normalized spacial score (nSPS) is 33.9. The zero-order valence-corrected chi connectivity index (χ0v) is 10.9. The van der Waals surface area contributed by atoms with E-state index in [2.05, 4.69) is 0 Å². The summed E-state index contributed by atoms with van der Waals surface area (Å²) < 4.78 is 31.1. The van der Waals surface area contributed by atoms with Gasteiger partial charge in [-0.3, -0.25) is 4.55 Å². The molecule has 1 N–H and O–H groups in total. The van der Waals surface area contributed by atoms with E-state index < -0.39 is 15.5 Å². The van der Waals surface area contributed by atoms with Crippen LogP contribution in [0.5, 0.6) is 0 Å². The molecule has 0 saturated heterocycles. The molecular formula is C11H20O4S. The molecule has 0 aromatic carbocycles. The molecule has 0 aromatic rings. The van der Waals surface area contributed by atoms with E-state index in [1.165, 1.54) is 0 Å². The maximum atomic E-state index is 11.0. The number of carbonyl (C=O) groups excluding carboxylic acids is 1. The number of carbonyl (C=O) groups is 1. The third-order valence-corrected chi connectivity index (χ3v) is 5.50. The lowest BCUT2D eigenvalue weighted by molar-refractivity contribution is -0.109. The number of hydrogen-bond donors (Lipinski definition) is 1. The highest BCUT2D eigenvalue weighted by Gasteiger charge is 2.52. The minimum Gasteiger partial charge on any atom is -0.303 e. The summed E-state index contributed by atoms with van der Waals surface area (Å²) in [4.78, 5) is 10.6. The van der Waals surface area contributed by atoms with Crippen molar-refractivity contribution >= 4 is 16.4 Å². The van der Waals surface area contributed by atoms with Gasteiger partial charge < -0.3 is 4.79 Å². The Morgan fingerprint density at radius 1 is 1.38 bits per heavy atom. The Morgan fingerprint density at radius 3 is 2.38 bits per heavy atom. The third-order valence-electron chi connectivity index (χ3n) is 4.50. The van der Waals surface area contributed by atoms with Gasteiger partial charge in [0.15, 0.2) is 0 Å². The quantitative estimate of drug-likeness (QED) is 0.609. The highest BCUT2D eigenvalue weighted by molar-refractivity contribution is 7.85. The maximum Gasteiger partial charge on any atom is 0.265 e. The lowest BCUT2D eigenvalue weighted by atomic mass is 9.66. The highest BCUT2D eigenvalue weighted by atomic mass is 32.2. The summed E-state index contributed by atoms with van der Waals surface area (Å²) in [5, 5.41) is 0. The summed E-state index contributed by atoms with van der Waals surface area (Å²) in [7, 11) is -3.96. The van der Waals surface area contributed by atoms with Crippen LogP contribution in [0.4, 0.5) is 0 Å². The van der Waals surface area contributed by atoms with Gasteiger partial charge >= 0.3 is 0 Å². The molecule has 0 aliphatic heterocycles. The van der Waals surface area contributed by atoms with Crippen molar-refractivity contribution in [1.29, 1.82) is 0 Å². The van der Waals surface area contributed by atoms with E-state index in [0.717, 1.165) is 19.1 Å². The van der Waals surface area contributed by atoms with Crippen LogP contribution in [0.25, 0.3) is 0 Å². The fourth-order valence-electron chi connectivity index (χ4n) is 2.86. The minimum absolute atomic E-state index is 0.205. The van der Waals surface area contributed by atoms with Crippen LogP contribution in [-0.4, -0.2) is 25.0 Å². The molecule has 0 heterocycles. The predicted octanol–water partition coefficient (Wildman–Crippen LogP) is 1.91. The van der Waals surface area contributed by atoms with Crippen molar-refractivity contribution in [1.82, 2.24) is 0 Å². The first-order valence-electron chi connectivity index (χ1n) is 5.51. The Bertz CT molecular complexity index is 371. The van der Waals surface area contributed by atoms with Gasteiger partial charge in [0.25, 0.3) is 10.1 Å². The molecule has 1 rings (SSSR count). The van der Waals surface area contributed by atoms with Gasteiger partial charge in [-0.25, -0.2) is 0 Å². The average Bonchev–Trinajstić information content (AvgIpc) is 2.26. The summed E-state index contributed by atoms with van der Waals surface area (Å²) in [5.41, 5.74) is -0.696. The van der Waals surface area contributed by atoms with Crippen LogP contribution >= 0.6 is 0 Å². The number of hydrogen-bond acceptors (Lipinski definition) is 3. The summed E-state index contributed by atoms with van der Waals surface area (Å²) in [6.45, 7) is 5.85. The van der Waals surface area contributed by atoms with E-state index >= 15 is 0 Å². The zero-order chi connectivity index (χ0) is 12.6. The molecule has 2 unspecified atom stereocenters. The van der Waals surface area contributed by atoms with E-state index in [1.54, 1.807) is 0 Å². The fraction of sp³-hybridized carbons (Fsp3) is 0.909. The van der Waals surface area contributed by atoms with E-state index in [0.29, 0.717) is 6.42 Å². The van der Waals surface area contributed by atoms with Gasteiger partial charge in [0.1, 0.15) is 6.29 Å². The van der Waals surface area contributed by atoms with Crippen LogP contribution in [0.2, 0.25) is 0 Å². The van der Waals surface area contributed by atoms with Gasteiger partial charge in [-0.2, -0.15) is 8.42 Å². The van der Waals surface area contributed by atoms with Crippen molar-refractivity contribution in [3.63, 3.8) is 0 Å². The smallest absolute Gasteiger partial charge is 0.265 e. The Hall–Kier alpha value is -0.420. The van der Waals surface area contributed by atoms with Crippen molar-refractivity contribution in [2.45, 2.75) is 40.0 Å². The molecule has 0 amide bonds. The Labute approximate surface area is 97.2 Å². The molecule has 1 fully saturated rings. The first-order valence-corrected chi connectivity index (χ1v) is 7.12. The second-order valence-corrected chi connectivity index (χ2v) is 7.10. The van der Waals surface area contributed by atoms with Crippen molar-refractivity contribution in [2.75, 3.05) is 5.75 Å². The SMILES string of the molecule is CC1(CS(=O)(=O)O)CCC(CC=O)C1(C)C. The van der Waals surface area contributed by atoms with Gasteiger partial charge in [0, 0.05) is 6.42 Å². The van der Waals surface area contributed by atoms with Gasteiger partial charge in [-0.05, 0) is 29.6 Å². The Kier molecular flexibility index (Phi) is 3.50. The van der Waals surface area contributed by atoms with E-state index in [1.807, 2.05) is 20.8 Å². The van der Waals surface area contributed by atoms with Crippen LogP contribution < -0.4 is 0 Å². The van der Waals surface area contributed by atoms with Crippen molar-refractivity contribution in [2.24, 2.45) is 16.7 Å². The zero-order valence-electron chi connectivity index (χ0n) is 10.1. The summed E-state index contributed by atoms with van der Waals surface area (Å²) in [6.07, 6.45) is 2.94. The molecule has 0 radical (unpaired) electrons. The number of aldehydes is 1. The average molecular weight is 248 g/mol. The van der Waals surface area contributed by atoms with Crippen LogP contribution in [-0.2, 0) is 14.9 Å². The molecule has 1 aliphatic rings. The molecule has 2 atom stereocenters. The second kappa shape index (κ2) is 4.11. The molecule has 1 saturated carbocycles. The molecule has 16 heavy (non-hydrogen) atoms. The van der Waals surface area contributed by atoms with E-state index in [4.69, 9.17) is 4.55 Å². The first-order chi connectivity index (χ1) is 7.12. The molecule has 0 bridgehead atoms. The Morgan fingerprint density at radius 2 is 1.94 bits per heavy atom. The van der Waals surface area contributed by atoms with Crippen molar-refractivity contribution in [3.8, 4) is 0 Å². The van der Waals surface area contributed by atoms with Crippen molar-refractivity contribution in [3.05, 3.63) is 0 Å². The van der Waals surface area contributed by atoms with Crippen LogP contribution in [0.3, 0.4) is 0 Å². The molecule has 94 valence electrons. The van der Waals surface area contributed by atoms with Crippen LogP contribution in [0.15, 0.2) is 0 Å². The van der Waals surface area contributed by atoms with Crippen LogP contribution in [0.1, 0.15) is 40.0 Å². The predicted molar refractivity (Wildman–Crippen MR) is 61.7 cm³/mol. The van der Waals surface area contributed by atoms with Crippen molar-refractivity contribution < 1.29 is 17.8 Å². The molecular weight excluding hydrogens is 228 g/mol. The molecule has 5 heteroatoms. The topological polar surface area (TPSA) is 71.4 Å². The molecule has 0 spiro atoms. The fourth-order valence-corrected chi connectivity index (χ4v) is 4.18. The summed E-state index contributed by atoms with van der Waals surface area (Å²) in [6, 6.07) is 0. The summed E-state index contributed by atoms with van der Waals surface area (Å²) >= 11 is 0. The van der Waals surface area contributed by atoms with Gasteiger partial charge in [0.2, 0.25) is 0 Å². The first kappa shape index (κ1) is 13.6. The Balaban J connectivity index is 2.95. The highest BCUT2D eigenvalue weighted by Crippen LogP contribution is 2.57. The van der Waals surface area contributed by atoms with E-state index in [9.17, 15) is 13.2 Å². The lowest BCUT2D eigenvalue weighted by Gasteiger charge is -2.40. The monoisotopic (exact) mass is 248 g/mol. The number of rotatable bonds is 4. The molecule has 0 aromatic heterocycles. The van der Waals surface area contributed by atoms with E-state index in [-0.39, 0.29) is 17.1 Å². The standard InChI is InChI=1S/C11H20O4S/c1-10(2)9(5-7-12)4-6-11(10,3)8-16(13,14)15/h7,9H,4-6,8H2,1-3H3,(H,13,14,15). The lowest BCUT2D eigenvalue weighted by Crippen LogP contribution is -2.39. The third kappa shape index (κ3) is 2.46. The molecule has 1 aliphatic carbocycles.